The Kier molecular flexibility index (Phi) is 4.84. The standard InChI is InChI=1S/C15H22N2O3S2/c18-15(13-6-11-21-12-13)16-9-4-14(5-10-16)22(19,20)17-7-2-1-3-8-17/h6,11-12,14H,1-5,7-10H2. The van der Waals surface area contributed by atoms with E-state index in [1.54, 1.807) is 9.21 Å². The first-order valence-electron chi connectivity index (χ1n) is 7.89. The minimum Gasteiger partial charge on any atom is -0.339 e. The molecule has 2 aliphatic rings. The Bertz CT molecular complexity index is 599. The van der Waals surface area contributed by atoms with E-state index in [2.05, 4.69) is 0 Å². The van der Waals surface area contributed by atoms with Crippen molar-refractivity contribution in [2.75, 3.05) is 26.2 Å². The maximum absolute atomic E-state index is 12.7. The average Bonchev–Trinajstić information content (AvgIpc) is 3.09. The Labute approximate surface area is 136 Å². The Morgan fingerprint density at radius 3 is 2.36 bits per heavy atom. The van der Waals surface area contributed by atoms with E-state index in [4.69, 9.17) is 0 Å². The van der Waals surface area contributed by atoms with Crippen LogP contribution in [0.3, 0.4) is 0 Å². The molecule has 5 nitrogen and oxygen atoms in total. The van der Waals surface area contributed by atoms with E-state index < -0.39 is 10.0 Å². The summed E-state index contributed by atoms with van der Waals surface area (Å²) in [5.74, 6) is 0.0232. The molecule has 0 bridgehead atoms. The zero-order valence-electron chi connectivity index (χ0n) is 12.6. The van der Waals surface area contributed by atoms with Crippen LogP contribution in [-0.2, 0) is 10.0 Å². The second-order valence-corrected chi connectivity index (χ2v) is 9.00. The van der Waals surface area contributed by atoms with Gasteiger partial charge in [-0.25, -0.2) is 12.7 Å². The molecule has 2 fully saturated rings. The fraction of sp³-hybridized carbons (Fsp3) is 0.667. The minimum atomic E-state index is -3.19. The third-order valence-electron chi connectivity index (χ3n) is 4.59. The van der Waals surface area contributed by atoms with Gasteiger partial charge in [-0.1, -0.05) is 6.42 Å². The van der Waals surface area contributed by atoms with E-state index in [0.29, 0.717) is 44.6 Å². The molecule has 2 aliphatic heterocycles. The quantitative estimate of drug-likeness (QED) is 0.846. The number of carbonyl (C=O) groups is 1. The normalized spacial score (nSPS) is 21.9. The van der Waals surface area contributed by atoms with Gasteiger partial charge in [0, 0.05) is 31.6 Å². The molecule has 0 spiro atoms. The number of amides is 1. The smallest absolute Gasteiger partial charge is 0.254 e. The van der Waals surface area contributed by atoms with Crippen molar-refractivity contribution < 1.29 is 13.2 Å². The lowest BCUT2D eigenvalue weighted by Crippen LogP contribution is -2.48. The lowest BCUT2D eigenvalue weighted by atomic mass is 10.1. The van der Waals surface area contributed by atoms with Gasteiger partial charge in [0.15, 0.2) is 0 Å². The Balaban J connectivity index is 1.60. The van der Waals surface area contributed by atoms with Gasteiger partial charge in [-0.05, 0) is 37.1 Å². The number of thiophene rings is 1. The number of carbonyl (C=O) groups excluding carboxylic acids is 1. The van der Waals surface area contributed by atoms with E-state index in [9.17, 15) is 13.2 Å². The maximum Gasteiger partial charge on any atom is 0.254 e. The summed E-state index contributed by atoms with van der Waals surface area (Å²) in [5.41, 5.74) is 0.710. The van der Waals surface area contributed by atoms with Gasteiger partial charge in [0.25, 0.3) is 5.91 Å². The highest BCUT2D eigenvalue weighted by Gasteiger charge is 2.36. The number of sulfonamides is 1. The fourth-order valence-corrected chi connectivity index (χ4v) is 5.88. The van der Waals surface area contributed by atoms with Gasteiger partial charge >= 0.3 is 0 Å². The molecular weight excluding hydrogens is 320 g/mol. The monoisotopic (exact) mass is 342 g/mol. The number of hydrogen-bond acceptors (Lipinski definition) is 4. The first kappa shape index (κ1) is 16.0. The van der Waals surface area contributed by atoms with Crippen molar-refractivity contribution in [3.8, 4) is 0 Å². The van der Waals surface area contributed by atoms with Crippen molar-refractivity contribution in [3.05, 3.63) is 22.4 Å². The Morgan fingerprint density at radius 2 is 1.77 bits per heavy atom. The zero-order valence-corrected chi connectivity index (χ0v) is 14.2. The fourth-order valence-electron chi connectivity index (χ4n) is 3.26. The topological polar surface area (TPSA) is 57.7 Å². The van der Waals surface area contributed by atoms with E-state index >= 15 is 0 Å². The molecule has 0 aliphatic carbocycles. The third kappa shape index (κ3) is 3.21. The molecule has 0 N–H and O–H groups in total. The summed E-state index contributed by atoms with van der Waals surface area (Å²) < 4.78 is 27.0. The molecule has 0 radical (unpaired) electrons. The second kappa shape index (κ2) is 6.68. The van der Waals surface area contributed by atoms with Gasteiger partial charge < -0.3 is 4.90 Å². The number of rotatable bonds is 3. The number of piperidine rings is 2. The highest BCUT2D eigenvalue weighted by molar-refractivity contribution is 7.89. The number of likely N-dealkylation sites (tertiary alicyclic amines) is 1. The molecule has 2 saturated heterocycles. The van der Waals surface area contributed by atoms with Crippen molar-refractivity contribution in [3.63, 3.8) is 0 Å². The highest BCUT2D eigenvalue weighted by atomic mass is 32.2. The number of nitrogens with zero attached hydrogens (tertiary/aromatic N) is 2. The first-order valence-corrected chi connectivity index (χ1v) is 10.3. The van der Waals surface area contributed by atoms with Crippen molar-refractivity contribution in [1.82, 2.24) is 9.21 Å². The van der Waals surface area contributed by atoms with Crippen LogP contribution in [0.1, 0.15) is 42.5 Å². The van der Waals surface area contributed by atoms with Crippen LogP contribution >= 0.6 is 11.3 Å². The summed E-state index contributed by atoms with van der Waals surface area (Å²) >= 11 is 1.51. The molecule has 3 rings (SSSR count). The molecule has 122 valence electrons. The second-order valence-electron chi connectivity index (χ2n) is 6.01. The molecule has 0 saturated carbocycles. The summed E-state index contributed by atoms with van der Waals surface area (Å²) in [6, 6.07) is 1.82. The zero-order chi connectivity index (χ0) is 15.6. The predicted octanol–water partition coefficient (Wildman–Crippen LogP) is 2.17. The van der Waals surface area contributed by atoms with Crippen LogP contribution in [0, 0.1) is 0 Å². The lowest BCUT2D eigenvalue weighted by Gasteiger charge is -2.35. The molecule has 7 heteroatoms. The Hall–Kier alpha value is -0.920. The van der Waals surface area contributed by atoms with Crippen molar-refractivity contribution in [1.29, 1.82) is 0 Å². The predicted molar refractivity (Wildman–Crippen MR) is 87.6 cm³/mol. The van der Waals surface area contributed by atoms with Crippen LogP contribution in [-0.4, -0.2) is 55.0 Å². The van der Waals surface area contributed by atoms with Gasteiger partial charge in [-0.15, -0.1) is 0 Å². The van der Waals surface area contributed by atoms with Crippen LogP contribution in [0.25, 0.3) is 0 Å². The third-order valence-corrected chi connectivity index (χ3v) is 7.68. The van der Waals surface area contributed by atoms with Crippen molar-refractivity contribution >= 4 is 27.3 Å². The van der Waals surface area contributed by atoms with Crippen LogP contribution < -0.4 is 0 Å². The van der Waals surface area contributed by atoms with Gasteiger partial charge in [-0.2, -0.15) is 11.3 Å². The van der Waals surface area contributed by atoms with E-state index in [1.807, 2.05) is 16.8 Å². The van der Waals surface area contributed by atoms with Crippen LogP contribution in [0.2, 0.25) is 0 Å². The first-order chi connectivity index (χ1) is 10.6. The maximum atomic E-state index is 12.7. The average molecular weight is 342 g/mol. The molecule has 0 unspecified atom stereocenters. The summed E-state index contributed by atoms with van der Waals surface area (Å²) in [7, 11) is -3.19. The summed E-state index contributed by atoms with van der Waals surface area (Å²) in [6.07, 6.45) is 4.16. The molecule has 3 heterocycles. The summed E-state index contributed by atoms with van der Waals surface area (Å²) in [5, 5.41) is 3.41. The highest BCUT2D eigenvalue weighted by Crippen LogP contribution is 2.25. The van der Waals surface area contributed by atoms with E-state index in [-0.39, 0.29) is 11.2 Å². The lowest BCUT2D eigenvalue weighted by molar-refractivity contribution is 0.0725. The van der Waals surface area contributed by atoms with E-state index in [0.717, 1.165) is 19.3 Å². The minimum absolute atomic E-state index is 0.0232. The largest absolute Gasteiger partial charge is 0.339 e. The molecular formula is C15H22N2O3S2. The number of hydrogen-bond donors (Lipinski definition) is 0. The van der Waals surface area contributed by atoms with Gasteiger partial charge in [0.2, 0.25) is 10.0 Å². The van der Waals surface area contributed by atoms with Crippen molar-refractivity contribution in [2.24, 2.45) is 0 Å². The molecule has 22 heavy (non-hydrogen) atoms. The van der Waals surface area contributed by atoms with Gasteiger partial charge in [-0.3, -0.25) is 4.79 Å². The molecule has 1 amide bonds. The molecule has 1 aromatic heterocycles. The van der Waals surface area contributed by atoms with Gasteiger partial charge in [0.05, 0.1) is 10.8 Å². The van der Waals surface area contributed by atoms with E-state index in [1.165, 1.54) is 11.3 Å². The summed E-state index contributed by atoms with van der Waals surface area (Å²) in [4.78, 5) is 14.1. The van der Waals surface area contributed by atoms with Crippen LogP contribution in [0.5, 0.6) is 0 Å². The summed E-state index contributed by atoms with van der Waals surface area (Å²) in [6.45, 7) is 2.39. The van der Waals surface area contributed by atoms with Crippen LogP contribution in [0.15, 0.2) is 16.8 Å². The SMILES string of the molecule is O=C(c1ccsc1)N1CCC(S(=O)(=O)N2CCCCC2)CC1. The molecule has 0 aromatic carbocycles. The molecule has 1 aromatic rings. The Morgan fingerprint density at radius 1 is 1.09 bits per heavy atom. The van der Waals surface area contributed by atoms with Crippen LogP contribution in [0.4, 0.5) is 0 Å². The van der Waals surface area contributed by atoms with Crippen molar-refractivity contribution in [2.45, 2.75) is 37.4 Å². The van der Waals surface area contributed by atoms with Gasteiger partial charge in [0.1, 0.15) is 0 Å². The molecule has 0 atom stereocenters.